The van der Waals surface area contributed by atoms with Crippen LogP contribution in [0.15, 0.2) is 0 Å². The predicted octanol–water partition coefficient (Wildman–Crippen LogP) is 5.38. The highest BCUT2D eigenvalue weighted by Gasteiger charge is 2.32. The summed E-state index contributed by atoms with van der Waals surface area (Å²) in [5.41, 5.74) is -1.08. The standard InChI is InChI=1S/C23H47NO4/c1-3-4-5-6-7-8-9-10-11-12-13-14-15-16-17-18-19-23(2,22(27)28)24-20-21(25)26/h21,24-26H,3-20H2,1-2H3,(H,27,28). The van der Waals surface area contributed by atoms with Gasteiger partial charge in [0, 0.05) is 6.54 Å². The minimum Gasteiger partial charge on any atom is -0.480 e. The Hall–Kier alpha value is -0.650. The van der Waals surface area contributed by atoms with Crippen molar-refractivity contribution < 1.29 is 20.1 Å². The van der Waals surface area contributed by atoms with Crippen LogP contribution in [0.4, 0.5) is 0 Å². The molecule has 0 spiro atoms. The lowest BCUT2D eigenvalue weighted by Crippen LogP contribution is -2.51. The van der Waals surface area contributed by atoms with E-state index in [9.17, 15) is 9.90 Å². The van der Waals surface area contributed by atoms with E-state index in [-0.39, 0.29) is 6.54 Å². The maximum absolute atomic E-state index is 11.4. The fourth-order valence-corrected chi connectivity index (χ4v) is 3.61. The normalized spacial score (nSPS) is 13.8. The van der Waals surface area contributed by atoms with Crippen LogP contribution in [-0.2, 0) is 4.79 Å². The van der Waals surface area contributed by atoms with Gasteiger partial charge in [0.2, 0.25) is 0 Å². The first-order valence-corrected chi connectivity index (χ1v) is 11.8. The molecule has 0 saturated heterocycles. The van der Waals surface area contributed by atoms with Gasteiger partial charge in [-0.05, 0) is 13.3 Å². The Morgan fingerprint density at radius 1 is 0.750 bits per heavy atom. The highest BCUT2D eigenvalue weighted by atomic mass is 16.5. The molecular formula is C23H47NO4. The SMILES string of the molecule is CCCCCCCCCCCCCCCCCCC(C)(NCC(O)O)C(=O)O. The first-order valence-electron chi connectivity index (χ1n) is 11.8. The van der Waals surface area contributed by atoms with Gasteiger partial charge in [0.05, 0.1) is 0 Å². The van der Waals surface area contributed by atoms with Gasteiger partial charge < -0.3 is 15.3 Å². The Morgan fingerprint density at radius 2 is 1.11 bits per heavy atom. The van der Waals surface area contributed by atoms with Crippen LogP contribution in [-0.4, -0.2) is 39.7 Å². The largest absolute Gasteiger partial charge is 0.480 e. The molecule has 0 aromatic carbocycles. The fourth-order valence-electron chi connectivity index (χ4n) is 3.61. The number of carbonyl (C=O) groups is 1. The second-order valence-corrected chi connectivity index (χ2v) is 8.55. The zero-order valence-corrected chi connectivity index (χ0v) is 18.6. The Labute approximate surface area is 173 Å². The van der Waals surface area contributed by atoms with Crippen LogP contribution in [0.1, 0.15) is 123 Å². The van der Waals surface area contributed by atoms with E-state index in [4.69, 9.17) is 10.2 Å². The number of aliphatic hydroxyl groups is 2. The molecule has 5 nitrogen and oxygen atoms in total. The summed E-state index contributed by atoms with van der Waals surface area (Å²) >= 11 is 0. The van der Waals surface area contributed by atoms with E-state index < -0.39 is 17.8 Å². The third kappa shape index (κ3) is 16.3. The third-order valence-electron chi connectivity index (χ3n) is 5.68. The number of aliphatic hydroxyl groups excluding tert-OH is 1. The van der Waals surface area contributed by atoms with Crippen molar-refractivity contribution in [1.29, 1.82) is 0 Å². The topological polar surface area (TPSA) is 89.8 Å². The maximum Gasteiger partial charge on any atom is 0.323 e. The monoisotopic (exact) mass is 401 g/mol. The average molecular weight is 402 g/mol. The Kier molecular flexibility index (Phi) is 18.0. The molecule has 0 amide bonds. The second-order valence-electron chi connectivity index (χ2n) is 8.55. The Balaban J connectivity index is 3.43. The summed E-state index contributed by atoms with van der Waals surface area (Å²) < 4.78 is 0. The van der Waals surface area contributed by atoms with Crippen LogP contribution in [0.5, 0.6) is 0 Å². The zero-order valence-electron chi connectivity index (χ0n) is 18.6. The van der Waals surface area contributed by atoms with E-state index in [0.717, 1.165) is 19.3 Å². The molecule has 0 radical (unpaired) electrons. The summed E-state index contributed by atoms with van der Waals surface area (Å²) in [5, 5.41) is 29.9. The van der Waals surface area contributed by atoms with Crippen molar-refractivity contribution in [2.45, 2.75) is 135 Å². The van der Waals surface area contributed by atoms with Gasteiger partial charge in [-0.2, -0.15) is 0 Å². The van der Waals surface area contributed by atoms with Crippen molar-refractivity contribution in [2.24, 2.45) is 0 Å². The van der Waals surface area contributed by atoms with Crippen LogP contribution in [0.3, 0.4) is 0 Å². The van der Waals surface area contributed by atoms with E-state index >= 15 is 0 Å². The van der Waals surface area contributed by atoms with Crippen molar-refractivity contribution in [1.82, 2.24) is 5.32 Å². The molecule has 0 bridgehead atoms. The zero-order chi connectivity index (χ0) is 21.1. The molecule has 5 heteroatoms. The minimum atomic E-state index is -1.52. The van der Waals surface area contributed by atoms with Crippen LogP contribution in [0, 0.1) is 0 Å². The molecule has 0 aliphatic carbocycles. The highest BCUT2D eigenvalue weighted by Crippen LogP contribution is 2.18. The fraction of sp³-hybridized carbons (Fsp3) is 0.957. The minimum absolute atomic E-state index is 0.123. The molecule has 0 heterocycles. The van der Waals surface area contributed by atoms with Crippen LogP contribution in [0.25, 0.3) is 0 Å². The number of nitrogens with one attached hydrogen (secondary N) is 1. The van der Waals surface area contributed by atoms with Gasteiger partial charge in [-0.25, -0.2) is 0 Å². The summed E-state index contributed by atoms with van der Waals surface area (Å²) in [6.07, 6.45) is 19.7. The lowest BCUT2D eigenvalue weighted by molar-refractivity contribution is -0.145. The van der Waals surface area contributed by atoms with E-state index in [1.807, 2.05) is 0 Å². The van der Waals surface area contributed by atoms with Gasteiger partial charge in [-0.3, -0.25) is 10.1 Å². The van der Waals surface area contributed by atoms with Gasteiger partial charge >= 0.3 is 5.97 Å². The Bertz CT molecular complexity index is 363. The molecule has 0 saturated carbocycles. The molecule has 0 aromatic rings. The lowest BCUT2D eigenvalue weighted by Gasteiger charge is -2.26. The number of hydrogen-bond acceptors (Lipinski definition) is 4. The first-order chi connectivity index (χ1) is 13.4. The first kappa shape index (κ1) is 27.4. The number of carboxylic acid groups (broad SMARTS) is 1. The second kappa shape index (κ2) is 18.4. The van der Waals surface area contributed by atoms with E-state index in [0.29, 0.717) is 6.42 Å². The number of hydrogen-bond donors (Lipinski definition) is 4. The number of rotatable bonds is 21. The van der Waals surface area contributed by atoms with E-state index in [2.05, 4.69) is 12.2 Å². The molecule has 28 heavy (non-hydrogen) atoms. The summed E-state index contributed by atoms with van der Waals surface area (Å²) in [6.45, 7) is 3.75. The van der Waals surface area contributed by atoms with Gasteiger partial charge in [-0.1, -0.05) is 110 Å². The molecule has 1 atom stereocenters. The molecular weight excluding hydrogens is 354 g/mol. The number of unbranched alkanes of at least 4 members (excludes halogenated alkanes) is 15. The molecule has 0 fully saturated rings. The third-order valence-corrected chi connectivity index (χ3v) is 5.68. The van der Waals surface area contributed by atoms with Gasteiger partial charge in [0.1, 0.15) is 5.54 Å². The van der Waals surface area contributed by atoms with Gasteiger partial charge in [-0.15, -0.1) is 0 Å². The van der Waals surface area contributed by atoms with E-state index in [1.54, 1.807) is 6.92 Å². The highest BCUT2D eigenvalue weighted by molar-refractivity contribution is 5.78. The van der Waals surface area contributed by atoms with Crippen molar-refractivity contribution in [3.63, 3.8) is 0 Å². The predicted molar refractivity (Wildman–Crippen MR) is 116 cm³/mol. The molecule has 0 aromatic heterocycles. The van der Waals surface area contributed by atoms with Crippen molar-refractivity contribution in [2.75, 3.05) is 6.54 Å². The Morgan fingerprint density at radius 3 is 1.43 bits per heavy atom. The summed E-state index contributed by atoms with van der Waals surface area (Å²) in [7, 11) is 0. The van der Waals surface area contributed by atoms with Crippen LogP contribution >= 0.6 is 0 Å². The number of aliphatic carboxylic acids is 1. The molecule has 0 aliphatic rings. The van der Waals surface area contributed by atoms with Crippen LogP contribution in [0.2, 0.25) is 0 Å². The smallest absolute Gasteiger partial charge is 0.323 e. The summed E-state index contributed by atoms with van der Waals surface area (Å²) in [5.74, 6) is -0.936. The van der Waals surface area contributed by atoms with Crippen molar-refractivity contribution in [3.05, 3.63) is 0 Å². The summed E-state index contributed by atoms with van der Waals surface area (Å²) in [4.78, 5) is 11.4. The molecule has 1 unspecified atom stereocenters. The number of β-amino-alcohol motifs (C(OH)–C–C–N with tert-alkyl or cyclic N) is 2. The molecule has 0 rings (SSSR count). The van der Waals surface area contributed by atoms with Gasteiger partial charge in [0.25, 0.3) is 0 Å². The number of carboxylic acids is 1. The quantitative estimate of drug-likeness (QED) is 0.153. The van der Waals surface area contributed by atoms with Crippen molar-refractivity contribution in [3.8, 4) is 0 Å². The van der Waals surface area contributed by atoms with Gasteiger partial charge in [0.15, 0.2) is 6.29 Å². The lowest BCUT2D eigenvalue weighted by atomic mass is 9.93. The molecule has 168 valence electrons. The maximum atomic E-state index is 11.4. The van der Waals surface area contributed by atoms with Crippen molar-refractivity contribution >= 4 is 5.97 Å². The summed E-state index contributed by atoms with van der Waals surface area (Å²) in [6, 6.07) is 0. The van der Waals surface area contributed by atoms with Crippen LogP contribution < -0.4 is 5.32 Å². The molecule has 4 N–H and O–H groups in total. The van der Waals surface area contributed by atoms with E-state index in [1.165, 1.54) is 83.5 Å². The average Bonchev–Trinajstić information content (AvgIpc) is 2.66. The molecule has 0 aliphatic heterocycles.